The maximum absolute atomic E-state index is 11.9. The summed E-state index contributed by atoms with van der Waals surface area (Å²) in [4.78, 5) is 34.8. The molecule has 0 saturated heterocycles. The van der Waals surface area contributed by atoms with E-state index in [-0.39, 0.29) is 18.2 Å². The van der Waals surface area contributed by atoms with Gasteiger partial charge in [-0.25, -0.2) is 0 Å². The highest BCUT2D eigenvalue weighted by Gasteiger charge is 2.22. The number of nitrogens with two attached hydrogens (primary N) is 1. The van der Waals surface area contributed by atoms with Crippen molar-refractivity contribution in [3.8, 4) is 0 Å². The zero-order valence-corrected chi connectivity index (χ0v) is 13.3. The molecule has 0 heterocycles. The van der Waals surface area contributed by atoms with Crippen LogP contribution in [0.5, 0.6) is 0 Å². The van der Waals surface area contributed by atoms with Gasteiger partial charge in [0, 0.05) is 17.7 Å². The topological polar surface area (TPSA) is 98.5 Å². The summed E-state index contributed by atoms with van der Waals surface area (Å²) in [5, 5.41) is 2.56. The molecule has 1 rings (SSSR count). The Morgan fingerprint density at radius 3 is 2.09 bits per heavy atom. The molecule has 3 N–H and O–H groups in total. The van der Waals surface area contributed by atoms with Crippen molar-refractivity contribution in [2.75, 3.05) is 6.54 Å². The molecule has 0 aliphatic carbocycles. The minimum absolute atomic E-state index is 0.0256. The third-order valence-corrected chi connectivity index (χ3v) is 2.75. The van der Waals surface area contributed by atoms with E-state index in [1.54, 1.807) is 45.0 Å². The Balaban J connectivity index is 2.55. The SMILES string of the molecule is CC(=O)c1ccc(C(=O)NCC(N)C(=O)OC(C)(C)C)cc1. The van der Waals surface area contributed by atoms with Crippen molar-refractivity contribution >= 4 is 17.7 Å². The van der Waals surface area contributed by atoms with E-state index in [0.29, 0.717) is 11.1 Å². The van der Waals surface area contributed by atoms with Gasteiger partial charge < -0.3 is 15.8 Å². The molecule has 1 unspecified atom stereocenters. The number of ketones is 1. The molecule has 120 valence electrons. The third kappa shape index (κ3) is 5.65. The van der Waals surface area contributed by atoms with Crippen LogP contribution in [-0.4, -0.2) is 35.8 Å². The Morgan fingerprint density at radius 2 is 1.64 bits per heavy atom. The number of esters is 1. The van der Waals surface area contributed by atoms with Crippen molar-refractivity contribution in [2.24, 2.45) is 5.73 Å². The molecule has 22 heavy (non-hydrogen) atoms. The van der Waals surface area contributed by atoms with E-state index in [2.05, 4.69) is 5.32 Å². The molecule has 6 heteroatoms. The van der Waals surface area contributed by atoms with Gasteiger partial charge in [0.2, 0.25) is 0 Å². The van der Waals surface area contributed by atoms with E-state index in [9.17, 15) is 14.4 Å². The van der Waals surface area contributed by atoms with Crippen molar-refractivity contribution in [1.29, 1.82) is 0 Å². The molecule has 0 fully saturated rings. The van der Waals surface area contributed by atoms with Gasteiger partial charge in [-0.05, 0) is 39.8 Å². The quantitative estimate of drug-likeness (QED) is 0.631. The first-order chi connectivity index (χ1) is 10.1. The molecule has 1 amide bonds. The summed E-state index contributed by atoms with van der Waals surface area (Å²) in [5.41, 5.74) is 5.98. The van der Waals surface area contributed by atoms with Crippen LogP contribution < -0.4 is 11.1 Å². The predicted octanol–water partition coefficient (Wildman–Crippen LogP) is 1.29. The third-order valence-electron chi connectivity index (χ3n) is 2.75. The standard InChI is InChI=1S/C16H22N2O4/c1-10(19)11-5-7-12(8-6-11)14(20)18-9-13(17)15(21)22-16(2,3)4/h5-8,13H,9,17H2,1-4H3,(H,18,20). The van der Waals surface area contributed by atoms with Crippen molar-refractivity contribution in [1.82, 2.24) is 5.32 Å². The van der Waals surface area contributed by atoms with Gasteiger partial charge in [0.05, 0.1) is 0 Å². The lowest BCUT2D eigenvalue weighted by molar-refractivity contribution is -0.156. The molecule has 6 nitrogen and oxygen atoms in total. The number of benzene rings is 1. The molecular weight excluding hydrogens is 284 g/mol. The van der Waals surface area contributed by atoms with Crippen LogP contribution in [0.3, 0.4) is 0 Å². The lowest BCUT2D eigenvalue weighted by Crippen LogP contribution is -2.45. The average molecular weight is 306 g/mol. The van der Waals surface area contributed by atoms with Crippen LogP contribution >= 0.6 is 0 Å². The zero-order chi connectivity index (χ0) is 16.9. The van der Waals surface area contributed by atoms with E-state index < -0.39 is 17.6 Å². The zero-order valence-electron chi connectivity index (χ0n) is 13.3. The van der Waals surface area contributed by atoms with Crippen molar-refractivity contribution in [3.05, 3.63) is 35.4 Å². The molecule has 0 spiro atoms. The van der Waals surface area contributed by atoms with Crippen LogP contribution in [0.1, 0.15) is 48.4 Å². The smallest absolute Gasteiger partial charge is 0.325 e. The van der Waals surface area contributed by atoms with Crippen molar-refractivity contribution in [3.63, 3.8) is 0 Å². The van der Waals surface area contributed by atoms with Crippen LogP contribution in [0.2, 0.25) is 0 Å². The maximum Gasteiger partial charge on any atom is 0.325 e. The molecule has 0 bridgehead atoms. The second kappa shape index (κ2) is 7.17. The fourth-order valence-electron chi connectivity index (χ4n) is 1.62. The van der Waals surface area contributed by atoms with E-state index >= 15 is 0 Å². The molecule has 1 atom stereocenters. The molecular formula is C16H22N2O4. The molecule has 0 aromatic heterocycles. The lowest BCUT2D eigenvalue weighted by Gasteiger charge is -2.22. The summed E-state index contributed by atoms with van der Waals surface area (Å²) in [6, 6.07) is 5.31. The normalized spacial score (nSPS) is 12.4. The number of ether oxygens (including phenoxy) is 1. The second-order valence-corrected chi connectivity index (χ2v) is 5.98. The molecule has 0 aliphatic heterocycles. The van der Waals surface area contributed by atoms with Gasteiger partial charge in [-0.15, -0.1) is 0 Å². The summed E-state index contributed by atoms with van der Waals surface area (Å²) in [5.74, 6) is -1.01. The highest BCUT2D eigenvalue weighted by Crippen LogP contribution is 2.08. The van der Waals surface area contributed by atoms with Gasteiger partial charge in [-0.2, -0.15) is 0 Å². The lowest BCUT2D eigenvalue weighted by atomic mass is 10.1. The summed E-state index contributed by atoms with van der Waals surface area (Å²) in [6.07, 6.45) is 0. The Kier molecular flexibility index (Phi) is 5.82. The fourth-order valence-corrected chi connectivity index (χ4v) is 1.62. The van der Waals surface area contributed by atoms with Gasteiger partial charge in [-0.3, -0.25) is 14.4 Å². The number of carbonyl (C=O) groups is 3. The maximum atomic E-state index is 11.9. The number of nitrogens with one attached hydrogen (secondary N) is 1. The summed E-state index contributed by atoms with van der Waals surface area (Å²) < 4.78 is 5.13. The minimum Gasteiger partial charge on any atom is -0.459 e. The van der Waals surface area contributed by atoms with Gasteiger partial charge in [0.25, 0.3) is 5.91 Å². The number of carbonyl (C=O) groups excluding carboxylic acids is 3. The highest BCUT2D eigenvalue weighted by molar-refractivity contribution is 5.97. The average Bonchev–Trinajstić information content (AvgIpc) is 2.42. The van der Waals surface area contributed by atoms with E-state index in [0.717, 1.165) is 0 Å². The number of Topliss-reactive ketones (excluding diaryl/α,β-unsaturated/α-hetero) is 1. The molecule has 0 radical (unpaired) electrons. The number of amides is 1. The van der Waals surface area contributed by atoms with Gasteiger partial charge in [0.1, 0.15) is 11.6 Å². The Bertz CT molecular complexity index is 559. The number of rotatable bonds is 5. The summed E-state index contributed by atoms with van der Waals surface area (Å²) >= 11 is 0. The van der Waals surface area contributed by atoms with Gasteiger partial charge >= 0.3 is 5.97 Å². The van der Waals surface area contributed by atoms with Gasteiger partial charge in [-0.1, -0.05) is 12.1 Å². The first-order valence-corrected chi connectivity index (χ1v) is 6.98. The van der Waals surface area contributed by atoms with E-state index in [1.165, 1.54) is 6.92 Å². The molecule has 1 aromatic rings. The molecule has 0 saturated carbocycles. The predicted molar refractivity (Wildman–Crippen MR) is 82.6 cm³/mol. The van der Waals surface area contributed by atoms with Crippen LogP contribution in [0.25, 0.3) is 0 Å². The highest BCUT2D eigenvalue weighted by atomic mass is 16.6. The van der Waals surface area contributed by atoms with Crippen molar-refractivity contribution in [2.45, 2.75) is 39.3 Å². The van der Waals surface area contributed by atoms with Crippen LogP contribution in [0, 0.1) is 0 Å². The van der Waals surface area contributed by atoms with Crippen molar-refractivity contribution < 1.29 is 19.1 Å². The second-order valence-electron chi connectivity index (χ2n) is 5.98. The van der Waals surface area contributed by atoms with E-state index in [1.807, 2.05) is 0 Å². The van der Waals surface area contributed by atoms with Crippen LogP contribution in [0.4, 0.5) is 0 Å². The minimum atomic E-state index is -0.931. The summed E-state index contributed by atoms with van der Waals surface area (Å²) in [7, 11) is 0. The largest absolute Gasteiger partial charge is 0.459 e. The summed E-state index contributed by atoms with van der Waals surface area (Å²) in [6.45, 7) is 6.66. The first kappa shape index (κ1) is 17.8. The van der Waals surface area contributed by atoms with Crippen LogP contribution in [-0.2, 0) is 9.53 Å². The van der Waals surface area contributed by atoms with Gasteiger partial charge in [0.15, 0.2) is 5.78 Å². The Labute approximate surface area is 130 Å². The monoisotopic (exact) mass is 306 g/mol. The van der Waals surface area contributed by atoms with E-state index in [4.69, 9.17) is 10.5 Å². The fraction of sp³-hybridized carbons (Fsp3) is 0.438. The number of hydrogen-bond acceptors (Lipinski definition) is 5. The van der Waals surface area contributed by atoms with Crippen LogP contribution in [0.15, 0.2) is 24.3 Å². The first-order valence-electron chi connectivity index (χ1n) is 6.98. The Morgan fingerprint density at radius 1 is 1.14 bits per heavy atom. The molecule has 0 aliphatic rings. The molecule has 1 aromatic carbocycles. The Hall–Kier alpha value is -2.21. The number of hydrogen-bond donors (Lipinski definition) is 2.